The smallest absolute Gasteiger partial charge is 0.0912 e. The fourth-order valence-electron chi connectivity index (χ4n) is 4.96. The van der Waals surface area contributed by atoms with E-state index in [0.717, 1.165) is 0 Å². The second kappa shape index (κ2) is 7.53. The highest BCUT2D eigenvalue weighted by Gasteiger charge is 2.43. The third-order valence-electron chi connectivity index (χ3n) is 6.53. The lowest BCUT2D eigenvalue weighted by Gasteiger charge is -2.51. The topological polar surface area (TPSA) is 3.24 Å². The first-order valence-corrected chi connectivity index (χ1v) is 9.66. The summed E-state index contributed by atoms with van der Waals surface area (Å²) in [5.74, 6) is 0. The van der Waals surface area contributed by atoms with E-state index in [-0.39, 0.29) is 29.5 Å². The van der Waals surface area contributed by atoms with Crippen LogP contribution in [0.1, 0.15) is 37.7 Å². The van der Waals surface area contributed by atoms with Crippen LogP contribution in [0.4, 0.5) is 0 Å². The van der Waals surface area contributed by atoms with Crippen LogP contribution in [0.3, 0.4) is 0 Å². The van der Waals surface area contributed by atoms with E-state index < -0.39 is 0 Å². The quantitative estimate of drug-likeness (QED) is 0.494. The van der Waals surface area contributed by atoms with Gasteiger partial charge in [0.15, 0.2) is 0 Å². The number of benzene rings is 2. The SMILES string of the molecule is C[N+]1(C)CCN(C2(c3cccc4ccccc34)CCCCC2)CC1.[I-]. The molecule has 2 aromatic carbocycles. The van der Waals surface area contributed by atoms with Gasteiger partial charge in [-0.15, -0.1) is 0 Å². The molecule has 0 N–H and O–H groups in total. The minimum Gasteiger partial charge on any atom is -1.00 e. The van der Waals surface area contributed by atoms with E-state index in [4.69, 9.17) is 0 Å². The summed E-state index contributed by atoms with van der Waals surface area (Å²) in [7, 11) is 4.76. The van der Waals surface area contributed by atoms with Crippen molar-refractivity contribution in [3.63, 3.8) is 0 Å². The van der Waals surface area contributed by atoms with Crippen molar-refractivity contribution < 1.29 is 28.5 Å². The minimum absolute atomic E-state index is 0. The maximum Gasteiger partial charge on any atom is 0.0912 e. The van der Waals surface area contributed by atoms with Gasteiger partial charge in [-0.25, -0.2) is 0 Å². The van der Waals surface area contributed by atoms with Crippen LogP contribution in [0, 0.1) is 0 Å². The lowest BCUT2D eigenvalue weighted by Crippen LogP contribution is -3.00. The van der Waals surface area contributed by atoms with Gasteiger partial charge in [-0.05, 0) is 29.2 Å². The molecule has 0 aromatic heterocycles. The number of nitrogens with zero attached hydrogens (tertiary/aromatic N) is 2. The van der Waals surface area contributed by atoms with Crippen LogP contribution in [0.5, 0.6) is 0 Å². The molecule has 1 heterocycles. The van der Waals surface area contributed by atoms with E-state index in [0.29, 0.717) is 0 Å². The number of hydrogen-bond donors (Lipinski definition) is 0. The Morgan fingerprint density at radius 2 is 1.48 bits per heavy atom. The zero-order chi connectivity index (χ0) is 16.6. The molecule has 0 amide bonds. The molecule has 3 heteroatoms. The van der Waals surface area contributed by atoms with Gasteiger partial charge in [0, 0.05) is 18.6 Å². The molecule has 1 aliphatic carbocycles. The second-order valence-corrected chi connectivity index (χ2v) is 8.49. The number of quaternary nitrogens is 1. The van der Waals surface area contributed by atoms with Crippen LogP contribution < -0.4 is 24.0 Å². The Hall–Kier alpha value is -0.650. The molecule has 2 aliphatic rings. The fraction of sp³-hybridized carbons (Fsp3) is 0.545. The molecule has 2 fully saturated rings. The largest absolute Gasteiger partial charge is 1.00 e. The number of hydrogen-bond acceptors (Lipinski definition) is 1. The molecule has 1 aliphatic heterocycles. The zero-order valence-electron chi connectivity index (χ0n) is 15.7. The van der Waals surface area contributed by atoms with Gasteiger partial charge in [-0.2, -0.15) is 0 Å². The number of piperazine rings is 1. The Bertz CT molecular complexity index is 704. The summed E-state index contributed by atoms with van der Waals surface area (Å²) < 4.78 is 1.17. The first-order valence-electron chi connectivity index (χ1n) is 9.66. The highest BCUT2D eigenvalue weighted by molar-refractivity contribution is 5.86. The molecule has 2 aromatic rings. The summed E-state index contributed by atoms with van der Waals surface area (Å²) in [6.45, 7) is 5.01. The summed E-state index contributed by atoms with van der Waals surface area (Å²) in [6.07, 6.45) is 6.81. The Morgan fingerprint density at radius 3 is 2.20 bits per heavy atom. The maximum atomic E-state index is 2.84. The molecule has 0 bridgehead atoms. The summed E-state index contributed by atoms with van der Waals surface area (Å²) in [6, 6.07) is 15.9. The molecule has 4 rings (SSSR count). The van der Waals surface area contributed by atoms with E-state index in [1.807, 2.05) is 0 Å². The standard InChI is InChI=1S/C22H31N2.HI/c1-24(2)17-15-23(16-18-24)22(13-6-3-7-14-22)21-12-8-10-19-9-4-5-11-20(19)21;/h4-5,8-12H,3,6-7,13-18H2,1-2H3;1H/q+1;/p-1. The predicted octanol–water partition coefficient (Wildman–Crippen LogP) is 1.40. The average molecular weight is 450 g/mol. The van der Waals surface area contributed by atoms with Crippen molar-refractivity contribution in [2.45, 2.75) is 37.6 Å². The molecule has 25 heavy (non-hydrogen) atoms. The molecular formula is C22H31IN2. The fourth-order valence-corrected chi connectivity index (χ4v) is 4.96. The van der Waals surface area contributed by atoms with Gasteiger partial charge in [0.25, 0.3) is 0 Å². The van der Waals surface area contributed by atoms with Gasteiger partial charge >= 0.3 is 0 Å². The molecule has 0 spiro atoms. The molecule has 0 atom stereocenters. The van der Waals surface area contributed by atoms with Crippen LogP contribution in [-0.2, 0) is 5.54 Å². The van der Waals surface area contributed by atoms with Gasteiger partial charge in [0.05, 0.1) is 27.2 Å². The van der Waals surface area contributed by atoms with Crippen LogP contribution in [0.15, 0.2) is 42.5 Å². The average Bonchev–Trinajstić information content (AvgIpc) is 2.62. The summed E-state index contributed by atoms with van der Waals surface area (Å²) in [5.41, 5.74) is 1.85. The van der Waals surface area contributed by atoms with Crippen molar-refractivity contribution in [3.8, 4) is 0 Å². The Labute approximate surface area is 169 Å². The molecular weight excluding hydrogens is 419 g/mol. The molecule has 2 nitrogen and oxygen atoms in total. The Morgan fingerprint density at radius 1 is 0.840 bits per heavy atom. The highest BCUT2D eigenvalue weighted by Crippen LogP contribution is 2.45. The van der Waals surface area contributed by atoms with Gasteiger partial charge in [0.2, 0.25) is 0 Å². The van der Waals surface area contributed by atoms with E-state index in [1.165, 1.54) is 73.5 Å². The number of rotatable bonds is 2. The van der Waals surface area contributed by atoms with E-state index in [9.17, 15) is 0 Å². The van der Waals surface area contributed by atoms with E-state index >= 15 is 0 Å². The number of halogens is 1. The van der Waals surface area contributed by atoms with Gasteiger partial charge < -0.3 is 28.5 Å². The molecule has 0 radical (unpaired) electrons. The zero-order valence-corrected chi connectivity index (χ0v) is 17.8. The van der Waals surface area contributed by atoms with Crippen molar-refractivity contribution in [1.82, 2.24) is 4.90 Å². The van der Waals surface area contributed by atoms with Gasteiger partial charge in [0.1, 0.15) is 0 Å². The highest BCUT2D eigenvalue weighted by atomic mass is 127. The van der Waals surface area contributed by atoms with Gasteiger partial charge in [-0.3, -0.25) is 4.90 Å². The predicted molar refractivity (Wildman–Crippen MR) is 102 cm³/mol. The van der Waals surface area contributed by atoms with E-state index in [2.05, 4.69) is 61.5 Å². The van der Waals surface area contributed by atoms with Crippen LogP contribution in [0.2, 0.25) is 0 Å². The molecule has 1 saturated heterocycles. The van der Waals surface area contributed by atoms with Crippen molar-refractivity contribution >= 4 is 10.8 Å². The lowest BCUT2D eigenvalue weighted by molar-refractivity contribution is -0.895. The molecule has 136 valence electrons. The first-order chi connectivity index (χ1) is 11.6. The van der Waals surface area contributed by atoms with Crippen LogP contribution in [0.25, 0.3) is 10.8 Å². The number of likely N-dealkylation sites (N-methyl/N-ethyl adjacent to an activating group) is 1. The summed E-state index contributed by atoms with van der Waals surface area (Å²) in [5, 5.41) is 2.87. The monoisotopic (exact) mass is 450 g/mol. The van der Waals surface area contributed by atoms with Crippen molar-refractivity contribution in [1.29, 1.82) is 0 Å². The third-order valence-corrected chi connectivity index (χ3v) is 6.53. The summed E-state index contributed by atoms with van der Waals surface area (Å²) >= 11 is 0. The van der Waals surface area contributed by atoms with Crippen molar-refractivity contribution in [3.05, 3.63) is 48.0 Å². The van der Waals surface area contributed by atoms with Gasteiger partial charge in [-0.1, -0.05) is 61.7 Å². The number of fused-ring (bicyclic) bond motifs is 1. The Balaban J connectivity index is 0.00000182. The lowest BCUT2D eigenvalue weighted by atomic mass is 9.73. The summed E-state index contributed by atoms with van der Waals surface area (Å²) in [4.78, 5) is 2.84. The maximum absolute atomic E-state index is 2.84. The molecule has 0 unspecified atom stereocenters. The normalized spacial score (nSPS) is 23.1. The van der Waals surface area contributed by atoms with E-state index in [1.54, 1.807) is 5.56 Å². The Kier molecular flexibility index (Phi) is 5.76. The first kappa shape index (κ1) is 19.1. The third kappa shape index (κ3) is 3.60. The van der Waals surface area contributed by atoms with Crippen molar-refractivity contribution in [2.75, 3.05) is 40.3 Å². The molecule has 1 saturated carbocycles. The van der Waals surface area contributed by atoms with Crippen LogP contribution >= 0.6 is 0 Å². The van der Waals surface area contributed by atoms with Crippen molar-refractivity contribution in [2.24, 2.45) is 0 Å². The van der Waals surface area contributed by atoms with Crippen LogP contribution in [-0.4, -0.2) is 49.7 Å². The minimum atomic E-state index is 0. The second-order valence-electron chi connectivity index (χ2n) is 8.49.